The van der Waals surface area contributed by atoms with Gasteiger partial charge in [0.05, 0.1) is 6.10 Å². The van der Waals surface area contributed by atoms with Crippen LogP contribution < -0.4 is 0 Å². The zero-order valence-corrected chi connectivity index (χ0v) is 19.4. The molecule has 0 saturated heterocycles. The molecule has 156 valence electrons. The largest absolute Gasteiger partial charge is 0.393 e. The lowest BCUT2D eigenvalue weighted by molar-refractivity contribution is -0.0904. The van der Waals surface area contributed by atoms with Gasteiger partial charge in [0.15, 0.2) is 0 Å². The molecule has 0 aromatic heterocycles. The van der Waals surface area contributed by atoms with E-state index in [1.165, 1.54) is 44.1 Å². The highest BCUT2D eigenvalue weighted by atomic mass is 16.3. The highest BCUT2D eigenvalue weighted by Gasteiger charge is 2.57. The van der Waals surface area contributed by atoms with E-state index in [4.69, 9.17) is 0 Å². The van der Waals surface area contributed by atoms with Crippen LogP contribution in [0.15, 0.2) is 34.4 Å². The third kappa shape index (κ3) is 2.75. The Morgan fingerprint density at radius 2 is 1.79 bits per heavy atom. The predicted molar refractivity (Wildman–Crippen MR) is 119 cm³/mol. The van der Waals surface area contributed by atoms with Crippen LogP contribution in [0.5, 0.6) is 0 Å². The lowest BCUT2D eigenvalue weighted by atomic mass is 9.46. The quantitative estimate of drug-likeness (QED) is 0.499. The third-order valence-electron chi connectivity index (χ3n) is 9.66. The zero-order valence-electron chi connectivity index (χ0n) is 19.4. The molecule has 4 rings (SSSR count). The minimum atomic E-state index is -0.137. The van der Waals surface area contributed by atoms with E-state index < -0.39 is 0 Å². The molecule has 28 heavy (non-hydrogen) atoms. The highest BCUT2D eigenvalue weighted by Crippen LogP contribution is 2.66. The van der Waals surface area contributed by atoms with E-state index >= 15 is 0 Å². The molecular formula is C27H42O. The van der Waals surface area contributed by atoms with Gasteiger partial charge in [-0.3, -0.25) is 0 Å². The van der Waals surface area contributed by atoms with E-state index in [1.54, 1.807) is 16.7 Å². The second-order valence-electron chi connectivity index (χ2n) is 11.8. The van der Waals surface area contributed by atoms with Crippen LogP contribution in [0, 0.1) is 34.0 Å². The van der Waals surface area contributed by atoms with E-state index in [9.17, 15) is 5.11 Å². The van der Waals surface area contributed by atoms with Gasteiger partial charge in [0.1, 0.15) is 0 Å². The summed E-state index contributed by atoms with van der Waals surface area (Å²) in [5, 5.41) is 10.7. The van der Waals surface area contributed by atoms with E-state index in [0.29, 0.717) is 22.7 Å². The first-order valence-corrected chi connectivity index (χ1v) is 11.8. The van der Waals surface area contributed by atoms with Crippen LogP contribution in [-0.2, 0) is 0 Å². The first kappa shape index (κ1) is 20.5. The molecule has 1 nitrogen and oxygen atoms in total. The van der Waals surface area contributed by atoms with E-state index in [1.807, 2.05) is 0 Å². The predicted octanol–water partition coefficient (Wildman–Crippen LogP) is 7.23. The number of fused-ring (bicyclic) bond motifs is 4. The lowest BCUT2D eigenvalue weighted by Gasteiger charge is -2.59. The van der Waals surface area contributed by atoms with Crippen molar-refractivity contribution in [3.63, 3.8) is 0 Å². The Hall–Kier alpha value is -0.820. The number of allylic oxidation sites excluding steroid dienone is 6. The number of aliphatic hydroxyl groups excluding tert-OH is 1. The molecule has 0 aromatic carbocycles. The van der Waals surface area contributed by atoms with Crippen molar-refractivity contribution in [2.24, 2.45) is 34.0 Å². The summed E-state index contributed by atoms with van der Waals surface area (Å²) in [5.74, 6) is 2.03. The molecule has 0 radical (unpaired) electrons. The van der Waals surface area contributed by atoms with E-state index in [-0.39, 0.29) is 11.5 Å². The molecule has 1 N–H and O–H groups in total. The highest BCUT2D eigenvalue weighted by molar-refractivity contribution is 5.50. The molecular weight excluding hydrogens is 340 g/mol. The number of hydrogen-bond donors (Lipinski definition) is 1. The van der Waals surface area contributed by atoms with E-state index in [2.05, 4.69) is 60.6 Å². The fourth-order valence-corrected chi connectivity index (χ4v) is 8.15. The number of aliphatic hydroxyl groups is 1. The Kier molecular flexibility index (Phi) is 4.82. The Morgan fingerprint density at radius 1 is 1.07 bits per heavy atom. The van der Waals surface area contributed by atoms with Crippen LogP contribution in [-0.4, -0.2) is 11.2 Å². The SMILES string of the molecule is CC(C)=C[C@@H](C)C1CC=C2C3=C(CC[C@@]21C)[C@@]1(C)CC[C@H](O)C(C)(C)C1CC3. The van der Waals surface area contributed by atoms with Gasteiger partial charge in [-0.25, -0.2) is 0 Å². The molecule has 1 saturated carbocycles. The average molecular weight is 383 g/mol. The minimum absolute atomic E-state index is 0.0385. The normalized spacial score (nSPS) is 42.9. The third-order valence-corrected chi connectivity index (χ3v) is 9.66. The molecule has 0 amide bonds. The first-order chi connectivity index (χ1) is 13.0. The fraction of sp³-hybridized carbons (Fsp3) is 0.778. The molecule has 0 spiro atoms. The van der Waals surface area contributed by atoms with Crippen LogP contribution in [0.1, 0.15) is 93.4 Å². The van der Waals surface area contributed by atoms with Gasteiger partial charge >= 0.3 is 0 Å². The molecule has 0 bridgehead atoms. The van der Waals surface area contributed by atoms with Crippen LogP contribution in [0.2, 0.25) is 0 Å². The zero-order chi connectivity index (χ0) is 20.5. The lowest BCUT2D eigenvalue weighted by Crippen LogP contribution is -2.53. The van der Waals surface area contributed by atoms with E-state index in [0.717, 1.165) is 12.3 Å². The van der Waals surface area contributed by atoms with Crippen molar-refractivity contribution in [2.45, 2.75) is 99.5 Å². The van der Waals surface area contributed by atoms with Crippen molar-refractivity contribution in [3.8, 4) is 0 Å². The van der Waals surface area contributed by atoms with Crippen LogP contribution >= 0.6 is 0 Å². The topological polar surface area (TPSA) is 20.2 Å². The second-order valence-corrected chi connectivity index (χ2v) is 11.8. The van der Waals surface area contributed by atoms with Crippen molar-refractivity contribution in [2.75, 3.05) is 0 Å². The Labute approximate surface area is 173 Å². The minimum Gasteiger partial charge on any atom is -0.393 e. The average Bonchev–Trinajstić information content (AvgIpc) is 2.95. The smallest absolute Gasteiger partial charge is 0.0594 e. The summed E-state index contributed by atoms with van der Waals surface area (Å²) < 4.78 is 0. The van der Waals surface area contributed by atoms with Gasteiger partial charge in [0, 0.05) is 0 Å². The summed E-state index contributed by atoms with van der Waals surface area (Å²) in [4.78, 5) is 0. The summed E-state index contributed by atoms with van der Waals surface area (Å²) >= 11 is 0. The van der Waals surface area contributed by atoms with Gasteiger partial charge in [0.2, 0.25) is 0 Å². The fourth-order valence-electron chi connectivity index (χ4n) is 8.15. The summed E-state index contributed by atoms with van der Waals surface area (Å²) in [6.45, 7) is 16.7. The summed E-state index contributed by atoms with van der Waals surface area (Å²) in [5.41, 5.74) is 7.39. The van der Waals surface area contributed by atoms with Gasteiger partial charge in [-0.05, 0) is 104 Å². The van der Waals surface area contributed by atoms with Gasteiger partial charge in [0.25, 0.3) is 0 Å². The first-order valence-electron chi connectivity index (χ1n) is 11.8. The maximum atomic E-state index is 10.7. The molecule has 6 atom stereocenters. The molecule has 0 aromatic rings. The molecule has 1 fully saturated rings. The second kappa shape index (κ2) is 6.59. The number of rotatable bonds is 2. The Morgan fingerprint density at radius 3 is 2.46 bits per heavy atom. The Bertz CT molecular complexity index is 746. The van der Waals surface area contributed by atoms with Crippen LogP contribution in [0.25, 0.3) is 0 Å². The van der Waals surface area contributed by atoms with Gasteiger partial charge in [-0.15, -0.1) is 0 Å². The summed E-state index contributed by atoms with van der Waals surface area (Å²) in [6.07, 6.45) is 13.4. The number of hydrogen-bond acceptors (Lipinski definition) is 1. The van der Waals surface area contributed by atoms with Gasteiger partial charge in [-0.1, -0.05) is 57.9 Å². The maximum absolute atomic E-state index is 10.7. The van der Waals surface area contributed by atoms with Crippen LogP contribution in [0.4, 0.5) is 0 Å². The molecule has 0 aliphatic heterocycles. The standard InChI is InChI=1S/C27H42O/c1-17(2)16-18(3)20-9-10-21-19-8-11-23-25(4,5)24(28)13-15-27(23,7)22(19)12-14-26(20,21)6/h10,16,18,20,23-24,28H,8-9,11-15H2,1-7H3/t18-,20?,23?,24+,26-,27-/m1/s1. The van der Waals surface area contributed by atoms with Crippen molar-refractivity contribution < 1.29 is 5.11 Å². The van der Waals surface area contributed by atoms with Crippen molar-refractivity contribution in [3.05, 3.63) is 34.4 Å². The van der Waals surface area contributed by atoms with Crippen molar-refractivity contribution >= 4 is 0 Å². The summed E-state index contributed by atoms with van der Waals surface area (Å²) in [6, 6.07) is 0. The summed E-state index contributed by atoms with van der Waals surface area (Å²) in [7, 11) is 0. The Balaban J connectivity index is 1.71. The van der Waals surface area contributed by atoms with Crippen molar-refractivity contribution in [1.82, 2.24) is 0 Å². The molecule has 2 unspecified atom stereocenters. The van der Waals surface area contributed by atoms with Crippen molar-refractivity contribution in [1.29, 1.82) is 0 Å². The maximum Gasteiger partial charge on any atom is 0.0594 e. The van der Waals surface area contributed by atoms with Gasteiger partial charge < -0.3 is 5.11 Å². The monoisotopic (exact) mass is 382 g/mol. The molecule has 1 heteroatoms. The molecule has 4 aliphatic carbocycles. The van der Waals surface area contributed by atoms with Crippen LogP contribution in [0.3, 0.4) is 0 Å². The van der Waals surface area contributed by atoms with Gasteiger partial charge in [-0.2, -0.15) is 0 Å². The molecule has 0 heterocycles. The molecule has 4 aliphatic rings.